The number of likely N-dealkylation sites (N-methyl/N-ethyl adjacent to an activating group) is 1. The standard InChI is InChI=1S/C33H46FN5O6/c1-20-5-7-25(40)18-30(41)45-32(21(2)6-8-26(20)29-19-37(4)11-12-38(29)33(42)43)22(3)15-23-16-27(34)31-28(17-23)35-39(36-31)24-9-13-44-14-10-24/h6,8,15-17,20-21,24-26,29,32,40H,5,7,9-14,18-19H2,1-4H3,(H,42,43)/b8-6+,22-15+/t20-,21-,25+,26-,29?,32-/m0/s1. The molecule has 5 rings (SSSR count). The first-order chi connectivity index (χ1) is 21.5. The molecule has 0 aliphatic carbocycles. The fraction of sp³-hybridized carbons (Fsp3) is 0.636. The van der Waals surface area contributed by atoms with Crippen molar-refractivity contribution in [3.05, 3.63) is 41.2 Å². The Morgan fingerprint density at radius 1 is 1.09 bits per heavy atom. The number of piperazine rings is 1. The Hall–Kier alpha value is -3.35. The number of amides is 1. The Morgan fingerprint density at radius 2 is 1.84 bits per heavy atom. The van der Waals surface area contributed by atoms with Gasteiger partial charge in [0.1, 0.15) is 17.1 Å². The fourth-order valence-corrected chi connectivity index (χ4v) is 6.89. The third-order valence-electron chi connectivity index (χ3n) is 9.54. The van der Waals surface area contributed by atoms with Gasteiger partial charge in [0.2, 0.25) is 0 Å². The lowest BCUT2D eigenvalue weighted by molar-refractivity contribution is -0.151. The molecule has 1 aromatic heterocycles. The monoisotopic (exact) mass is 627 g/mol. The van der Waals surface area contributed by atoms with E-state index >= 15 is 4.39 Å². The average Bonchev–Trinajstić information content (AvgIpc) is 3.43. The van der Waals surface area contributed by atoms with Gasteiger partial charge in [0.25, 0.3) is 0 Å². The van der Waals surface area contributed by atoms with Gasteiger partial charge in [-0.25, -0.2) is 9.18 Å². The predicted molar refractivity (Wildman–Crippen MR) is 167 cm³/mol. The van der Waals surface area contributed by atoms with Crippen LogP contribution >= 0.6 is 0 Å². The summed E-state index contributed by atoms with van der Waals surface area (Å²) in [6.45, 7) is 8.81. The summed E-state index contributed by atoms with van der Waals surface area (Å²) < 4.78 is 26.6. The van der Waals surface area contributed by atoms with Crippen LogP contribution in [0.2, 0.25) is 0 Å². The van der Waals surface area contributed by atoms with Crippen LogP contribution in [0.25, 0.3) is 17.1 Å². The number of cyclic esters (lactones) is 1. The van der Waals surface area contributed by atoms with Crippen molar-refractivity contribution in [2.24, 2.45) is 17.8 Å². The minimum Gasteiger partial charge on any atom is -0.465 e. The van der Waals surface area contributed by atoms with Crippen molar-refractivity contribution in [1.82, 2.24) is 24.8 Å². The summed E-state index contributed by atoms with van der Waals surface area (Å²) in [5, 5.41) is 29.7. The second-order valence-electron chi connectivity index (χ2n) is 13.1. The number of fused-ring (bicyclic) bond motifs is 1. The zero-order chi connectivity index (χ0) is 32.2. The van der Waals surface area contributed by atoms with Gasteiger partial charge in [0.05, 0.1) is 24.6 Å². The van der Waals surface area contributed by atoms with Crippen LogP contribution in [0, 0.1) is 23.6 Å². The number of carbonyl (C=O) groups is 2. The molecule has 11 nitrogen and oxygen atoms in total. The maximum Gasteiger partial charge on any atom is 0.407 e. The predicted octanol–water partition coefficient (Wildman–Crippen LogP) is 4.52. The molecule has 6 atom stereocenters. The van der Waals surface area contributed by atoms with Crippen molar-refractivity contribution in [2.45, 2.75) is 77.2 Å². The molecule has 2 fully saturated rings. The van der Waals surface area contributed by atoms with Crippen LogP contribution in [0.5, 0.6) is 0 Å². The zero-order valence-electron chi connectivity index (χ0n) is 26.6. The van der Waals surface area contributed by atoms with Gasteiger partial charge in [-0.2, -0.15) is 9.90 Å². The van der Waals surface area contributed by atoms with Gasteiger partial charge in [-0.15, -0.1) is 5.10 Å². The highest BCUT2D eigenvalue weighted by Crippen LogP contribution is 2.32. The molecule has 0 bridgehead atoms. The summed E-state index contributed by atoms with van der Waals surface area (Å²) in [6.07, 6.45) is 5.82. The largest absolute Gasteiger partial charge is 0.465 e. The smallest absolute Gasteiger partial charge is 0.407 e. The number of esters is 1. The number of rotatable bonds is 4. The number of benzene rings is 1. The van der Waals surface area contributed by atoms with Gasteiger partial charge in [-0.3, -0.25) is 4.79 Å². The molecule has 2 saturated heterocycles. The van der Waals surface area contributed by atoms with E-state index in [1.54, 1.807) is 16.9 Å². The van der Waals surface area contributed by atoms with E-state index in [9.17, 15) is 19.8 Å². The van der Waals surface area contributed by atoms with E-state index in [-0.39, 0.29) is 41.8 Å². The molecule has 3 aliphatic heterocycles. The molecule has 0 saturated carbocycles. The quantitative estimate of drug-likeness (QED) is 0.371. The number of aliphatic hydroxyl groups is 1. The first-order valence-corrected chi connectivity index (χ1v) is 16.1. The number of ether oxygens (including phenoxy) is 2. The first-order valence-electron chi connectivity index (χ1n) is 16.1. The Kier molecular flexibility index (Phi) is 10.6. The number of carbonyl (C=O) groups excluding carboxylic acids is 1. The number of halogens is 1. The van der Waals surface area contributed by atoms with E-state index < -0.39 is 30.1 Å². The Bertz CT molecular complexity index is 1420. The van der Waals surface area contributed by atoms with Crippen molar-refractivity contribution in [3.8, 4) is 0 Å². The van der Waals surface area contributed by atoms with E-state index in [0.717, 1.165) is 12.8 Å². The normalized spacial score (nSPS) is 30.8. The van der Waals surface area contributed by atoms with Crippen LogP contribution in [0.3, 0.4) is 0 Å². The molecule has 12 heteroatoms. The first kappa shape index (κ1) is 33.0. The summed E-state index contributed by atoms with van der Waals surface area (Å²) in [6, 6.07) is 3.01. The number of aliphatic hydroxyl groups excluding tert-OH is 1. The molecule has 4 heterocycles. The molecule has 2 aromatic rings. The highest BCUT2D eigenvalue weighted by Gasteiger charge is 2.37. The van der Waals surface area contributed by atoms with Crippen molar-refractivity contribution in [3.63, 3.8) is 0 Å². The lowest BCUT2D eigenvalue weighted by Gasteiger charge is -2.43. The molecule has 0 radical (unpaired) electrons. The van der Waals surface area contributed by atoms with Crippen molar-refractivity contribution >= 4 is 29.2 Å². The molecule has 3 aliphatic rings. The summed E-state index contributed by atoms with van der Waals surface area (Å²) >= 11 is 0. The maximum atomic E-state index is 15.2. The molecule has 1 unspecified atom stereocenters. The Labute approximate surface area is 263 Å². The molecule has 246 valence electrons. The summed E-state index contributed by atoms with van der Waals surface area (Å²) in [7, 11) is 2.00. The molecule has 1 amide bonds. The van der Waals surface area contributed by atoms with Crippen molar-refractivity contribution in [1.29, 1.82) is 0 Å². The molecule has 0 spiro atoms. The van der Waals surface area contributed by atoms with E-state index in [1.165, 1.54) is 11.0 Å². The van der Waals surface area contributed by atoms with Crippen LogP contribution in [-0.2, 0) is 14.3 Å². The minimum absolute atomic E-state index is 0.0630. The third kappa shape index (κ3) is 7.90. The second-order valence-corrected chi connectivity index (χ2v) is 13.1. The van der Waals surface area contributed by atoms with Crippen LogP contribution in [0.1, 0.15) is 64.5 Å². The van der Waals surface area contributed by atoms with E-state index in [4.69, 9.17) is 9.47 Å². The number of carboxylic acid groups (broad SMARTS) is 1. The molecular formula is C33H46FN5O6. The maximum absolute atomic E-state index is 15.2. The highest BCUT2D eigenvalue weighted by molar-refractivity contribution is 5.78. The van der Waals surface area contributed by atoms with Gasteiger partial charge in [-0.1, -0.05) is 32.1 Å². The fourth-order valence-electron chi connectivity index (χ4n) is 6.89. The second kappa shape index (κ2) is 14.4. The van der Waals surface area contributed by atoms with Crippen molar-refractivity contribution < 1.29 is 33.7 Å². The molecule has 1 aromatic carbocycles. The Morgan fingerprint density at radius 3 is 2.58 bits per heavy atom. The molecule has 2 N–H and O–H groups in total. The van der Waals surface area contributed by atoms with Crippen molar-refractivity contribution in [2.75, 3.05) is 39.9 Å². The van der Waals surface area contributed by atoms with Gasteiger partial charge in [-0.05, 0) is 68.8 Å². The SMILES string of the molecule is C/C(=C\c1cc(F)c2nn(C3CCOCC3)nc2c1)[C@H]1OC(=O)C[C@H](O)CC[C@H](C)[C@@H](C2CN(C)CCN2C(=O)O)/C=C/[C@@H]1C. The zero-order valence-corrected chi connectivity index (χ0v) is 26.6. The summed E-state index contributed by atoms with van der Waals surface area (Å²) in [5.74, 6) is -1.30. The van der Waals surface area contributed by atoms with Crippen LogP contribution in [0.15, 0.2) is 29.9 Å². The summed E-state index contributed by atoms with van der Waals surface area (Å²) in [5.41, 5.74) is 1.94. The summed E-state index contributed by atoms with van der Waals surface area (Å²) in [4.78, 5) is 30.4. The topological polar surface area (TPSA) is 130 Å². The number of aromatic nitrogens is 3. The van der Waals surface area contributed by atoms with Crippen LogP contribution in [-0.4, -0.2) is 105 Å². The highest BCUT2D eigenvalue weighted by atomic mass is 19.1. The van der Waals surface area contributed by atoms with E-state index in [1.807, 2.05) is 27.0 Å². The number of hydrogen-bond acceptors (Lipinski definition) is 8. The number of nitrogens with zero attached hydrogens (tertiary/aromatic N) is 5. The van der Waals surface area contributed by atoms with Crippen LogP contribution in [0.4, 0.5) is 9.18 Å². The van der Waals surface area contributed by atoms with E-state index in [0.29, 0.717) is 62.3 Å². The lowest BCUT2D eigenvalue weighted by Crippen LogP contribution is -2.57. The molecule has 45 heavy (non-hydrogen) atoms. The third-order valence-corrected chi connectivity index (χ3v) is 9.54. The average molecular weight is 628 g/mol. The van der Waals surface area contributed by atoms with Gasteiger partial charge < -0.3 is 29.5 Å². The Balaban J connectivity index is 1.44. The van der Waals surface area contributed by atoms with Crippen LogP contribution < -0.4 is 0 Å². The minimum atomic E-state index is -0.935. The molecular weight excluding hydrogens is 581 g/mol. The van der Waals surface area contributed by atoms with E-state index in [2.05, 4.69) is 28.1 Å². The van der Waals surface area contributed by atoms with Gasteiger partial charge in [0.15, 0.2) is 5.82 Å². The van der Waals surface area contributed by atoms with Gasteiger partial charge in [0, 0.05) is 44.7 Å². The number of hydrogen-bond donors (Lipinski definition) is 2. The lowest BCUT2D eigenvalue weighted by atomic mass is 9.80. The van der Waals surface area contributed by atoms with Gasteiger partial charge >= 0.3 is 12.1 Å².